The van der Waals surface area contributed by atoms with Crippen LogP contribution in [0.1, 0.15) is 31.2 Å². The third kappa shape index (κ3) is 2.11. The van der Waals surface area contributed by atoms with E-state index in [0.29, 0.717) is 17.9 Å². The van der Waals surface area contributed by atoms with E-state index in [9.17, 15) is 4.79 Å². The number of benzene rings is 1. The Labute approximate surface area is 115 Å². The first kappa shape index (κ1) is 12.5. The van der Waals surface area contributed by atoms with Crippen LogP contribution in [-0.4, -0.2) is 32.0 Å². The van der Waals surface area contributed by atoms with Gasteiger partial charge in [0.25, 0.3) is 0 Å². The van der Waals surface area contributed by atoms with Crippen LogP contribution in [0.5, 0.6) is 0 Å². The van der Waals surface area contributed by atoms with Crippen LogP contribution >= 0.6 is 0 Å². The van der Waals surface area contributed by atoms with Crippen molar-refractivity contribution >= 4 is 17.2 Å². The molecule has 19 heavy (non-hydrogen) atoms. The van der Waals surface area contributed by atoms with Crippen molar-refractivity contribution in [2.45, 2.75) is 44.7 Å². The molecule has 0 amide bonds. The lowest BCUT2D eigenvalue weighted by Gasteiger charge is -2.36. The van der Waals surface area contributed by atoms with Gasteiger partial charge in [0.1, 0.15) is 5.78 Å². The molecule has 2 atom stereocenters. The van der Waals surface area contributed by atoms with E-state index in [-0.39, 0.29) is 0 Å². The summed E-state index contributed by atoms with van der Waals surface area (Å²) in [7, 11) is 4.17. The molecule has 1 aromatic carbocycles. The Morgan fingerprint density at radius 1 is 1.16 bits per heavy atom. The zero-order chi connectivity index (χ0) is 13.6. The molecular formula is C16H22N2O. The minimum atomic E-state index is 0.434. The molecule has 2 fully saturated rings. The van der Waals surface area contributed by atoms with Gasteiger partial charge in [-0.2, -0.15) is 0 Å². The summed E-state index contributed by atoms with van der Waals surface area (Å²) in [5, 5.41) is 0. The molecule has 0 N–H and O–H groups in total. The Bertz CT molecular complexity index is 493. The number of ketones is 1. The minimum Gasteiger partial charge on any atom is -0.377 e. The molecule has 2 heterocycles. The van der Waals surface area contributed by atoms with Gasteiger partial charge in [0.2, 0.25) is 0 Å². The molecule has 102 valence electrons. The third-order valence-corrected chi connectivity index (χ3v) is 4.52. The van der Waals surface area contributed by atoms with E-state index < -0.39 is 0 Å². The maximum absolute atomic E-state index is 11.7. The monoisotopic (exact) mass is 258 g/mol. The van der Waals surface area contributed by atoms with Gasteiger partial charge in [0, 0.05) is 50.4 Å². The second-order valence-corrected chi connectivity index (χ2v) is 6.10. The number of hydrogen-bond acceptors (Lipinski definition) is 3. The van der Waals surface area contributed by atoms with Crippen molar-refractivity contribution in [3.05, 3.63) is 23.8 Å². The Morgan fingerprint density at radius 2 is 1.79 bits per heavy atom. The number of aryl methyl sites for hydroxylation is 1. The summed E-state index contributed by atoms with van der Waals surface area (Å²) >= 11 is 0. The van der Waals surface area contributed by atoms with E-state index >= 15 is 0 Å². The molecule has 3 heteroatoms. The van der Waals surface area contributed by atoms with Crippen LogP contribution < -0.4 is 9.80 Å². The second kappa shape index (κ2) is 4.55. The predicted molar refractivity (Wildman–Crippen MR) is 79.0 cm³/mol. The maximum atomic E-state index is 11.7. The highest BCUT2D eigenvalue weighted by Gasteiger charge is 2.40. The van der Waals surface area contributed by atoms with Crippen LogP contribution in [0.3, 0.4) is 0 Å². The highest BCUT2D eigenvalue weighted by atomic mass is 16.1. The van der Waals surface area contributed by atoms with Crippen molar-refractivity contribution < 1.29 is 4.79 Å². The fourth-order valence-electron chi connectivity index (χ4n) is 3.63. The molecule has 2 unspecified atom stereocenters. The Kier molecular flexibility index (Phi) is 3.00. The van der Waals surface area contributed by atoms with Crippen LogP contribution in [0, 0.1) is 6.92 Å². The third-order valence-electron chi connectivity index (χ3n) is 4.52. The predicted octanol–water partition coefficient (Wildman–Crippen LogP) is 2.76. The largest absolute Gasteiger partial charge is 0.377 e. The number of anilines is 2. The maximum Gasteiger partial charge on any atom is 0.137 e. The quantitative estimate of drug-likeness (QED) is 0.815. The minimum absolute atomic E-state index is 0.434. The van der Waals surface area contributed by atoms with Crippen molar-refractivity contribution in [3.8, 4) is 0 Å². The number of Topliss-reactive ketones (excluding diaryl/α,β-unsaturated/α-hetero) is 1. The normalized spacial score (nSPS) is 25.8. The van der Waals surface area contributed by atoms with Crippen LogP contribution in [0.4, 0.5) is 11.4 Å². The van der Waals surface area contributed by atoms with Gasteiger partial charge < -0.3 is 9.80 Å². The lowest BCUT2D eigenvalue weighted by atomic mass is 10.00. The lowest BCUT2D eigenvalue weighted by molar-refractivity contribution is -0.120. The molecule has 2 saturated heterocycles. The van der Waals surface area contributed by atoms with E-state index in [2.05, 4.69) is 49.0 Å². The van der Waals surface area contributed by atoms with E-state index in [1.165, 1.54) is 29.8 Å². The van der Waals surface area contributed by atoms with Crippen molar-refractivity contribution in [1.29, 1.82) is 0 Å². The molecule has 3 rings (SSSR count). The topological polar surface area (TPSA) is 23.6 Å². The van der Waals surface area contributed by atoms with Gasteiger partial charge in [-0.1, -0.05) is 6.07 Å². The number of nitrogens with zero attached hydrogens (tertiary/aromatic N) is 2. The summed E-state index contributed by atoms with van der Waals surface area (Å²) in [5.41, 5.74) is 3.86. The van der Waals surface area contributed by atoms with E-state index in [4.69, 9.17) is 0 Å². The highest BCUT2D eigenvalue weighted by Crippen LogP contribution is 2.39. The van der Waals surface area contributed by atoms with Gasteiger partial charge in [-0.15, -0.1) is 0 Å². The van der Waals surface area contributed by atoms with E-state index in [1.54, 1.807) is 0 Å². The molecule has 0 saturated carbocycles. The van der Waals surface area contributed by atoms with Gasteiger partial charge in [-0.25, -0.2) is 0 Å². The van der Waals surface area contributed by atoms with Crippen LogP contribution in [0.15, 0.2) is 18.2 Å². The molecular weight excluding hydrogens is 236 g/mol. The first-order valence-electron chi connectivity index (χ1n) is 7.14. The Balaban J connectivity index is 1.95. The van der Waals surface area contributed by atoms with E-state index in [0.717, 1.165) is 12.8 Å². The SMILES string of the molecule is Cc1ccc(N2C3CCC2CC(=O)C3)cc1N(C)C. The first-order chi connectivity index (χ1) is 9.06. The van der Waals surface area contributed by atoms with Crippen LogP contribution in [0.2, 0.25) is 0 Å². The molecule has 2 aliphatic rings. The first-order valence-corrected chi connectivity index (χ1v) is 7.14. The number of carbonyl (C=O) groups is 1. The average molecular weight is 258 g/mol. The molecule has 0 aromatic heterocycles. The Morgan fingerprint density at radius 3 is 2.37 bits per heavy atom. The molecule has 3 nitrogen and oxygen atoms in total. The molecule has 0 radical (unpaired) electrons. The van der Waals surface area contributed by atoms with Crippen molar-refractivity contribution in [3.63, 3.8) is 0 Å². The standard InChI is InChI=1S/C16H22N2O/c1-11-4-5-14(10-16(11)17(2)3)18-12-6-7-13(18)9-15(19)8-12/h4-5,10,12-13H,6-9H2,1-3H3. The second-order valence-electron chi connectivity index (χ2n) is 6.10. The van der Waals surface area contributed by atoms with Gasteiger partial charge in [0.15, 0.2) is 0 Å². The van der Waals surface area contributed by atoms with E-state index in [1.807, 2.05) is 0 Å². The molecule has 0 aliphatic carbocycles. The fraction of sp³-hybridized carbons (Fsp3) is 0.562. The lowest BCUT2D eigenvalue weighted by Crippen LogP contribution is -2.43. The zero-order valence-electron chi connectivity index (χ0n) is 12.0. The number of fused-ring (bicyclic) bond motifs is 2. The molecule has 2 bridgehead atoms. The summed E-state index contributed by atoms with van der Waals surface area (Å²) in [4.78, 5) is 16.4. The zero-order valence-corrected chi connectivity index (χ0v) is 12.0. The number of carbonyl (C=O) groups excluding carboxylic acids is 1. The Hall–Kier alpha value is -1.51. The molecule has 0 spiro atoms. The number of piperidine rings is 1. The van der Waals surface area contributed by atoms with Crippen molar-refractivity contribution in [1.82, 2.24) is 0 Å². The molecule has 1 aromatic rings. The van der Waals surface area contributed by atoms with Gasteiger partial charge in [0.05, 0.1) is 0 Å². The summed E-state index contributed by atoms with van der Waals surface area (Å²) in [6, 6.07) is 7.55. The summed E-state index contributed by atoms with van der Waals surface area (Å²) in [5.74, 6) is 0.448. The van der Waals surface area contributed by atoms with Gasteiger partial charge in [-0.3, -0.25) is 4.79 Å². The summed E-state index contributed by atoms with van der Waals surface area (Å²) < 4.78 is 0. The van der Waals surface area contributed by atoms with Gasteiger partial charge >= 0.3 is 0 Å². The number of rotatable bonds is 2. The highest BCUT2D eigenvalue weighted by molar-refractivity contribution is 5.83. The summed E-state index contributed by atoms with van der Waals surface area (Å²) in [6.45, 7) is 2.15. The van der Waals surface area contributed by atoms with Gasteiger partial charge in [-0.05, 0) is 37.5 Å². The molecule has 2 aliphatic heterocycles. The van der Waals surface area contributed by atoms with Crippen molar-refractivity contribution in [2.24, 2.45) is 0 Å². The smallest absolute Gasteiger partial charge is 0.137 e. The van der Waals surface area contributed by atoms with Crippen molar-refractivity contribution in [2.75, 3.05) is 23.9 Å². The summed E-state index contributed by atoms with van der Waals surface area (Å²) in [6.07, 6.45) is 3.81. The van der Waals surface area contributed by atoms with Crippen LogP contribution in [0.25, 0.3) is 0 Å². The number of hydrogen-bond donors (Lipinski definition) is 0. The average Bonchev–Trinajstić information content (AvgIpc) is 2.63. The fourth-order valence-corrected chi connectivity index (χ4v) is 3.63. The van der Waals surface area contributed by atoms with Crippen LogP contribution in [-0.2, 0) is 4.79 Å².